The van der Waals surface area contributed by atoms with Crippen molar-refractivity contribution in [1.82, 2.24) is 29.7 Å². The number of fused-ring (bicyclic) bond motifs is 2. The first-order valence-corrected chi connectivity index (χ1v) is 40.1. The molecule has 0 amide bonds. The van der Waals surface area contributed by atoms with E-state index in [1.165, 1.54) is 47.7 Å². The molecule has 10 rings (SSSR count). The second kappa shape index (κ2) is 44.3. The van der Waals surface area contributed by atoms with Gasteiger partial charge in [0, 0.05) is 61.8 Å². The van der Waals surface area contributed by atoms with Crippen LogP contribution in [0.3, 0.4) is 0 Å². The molecule has 2 fully saturated rings. The quantitative estimate of drug-likeness (QED) is 0.0121. The topological polar surface area (TPSA) is 274 Å². The van der Waals surface area contributed by atoms with E-state index in [2.05, 4.69) is 167 Å². The molecule has 4 aliphatic heterocycles. The van der Waals surface area contributed by atoms with E-state index in [0.29, 0.717) is 60.5 Å². The van der Waals surface area contributed by atoms with E-state index < -0.39 is 52.0 Å². The summed E-state index contributed by atoms with van der Waals surface area (Å²) < 4.78 is 86.4. The van der Waals surface area contributed by atoms with Crippen molar-refractivity contribution < 1.29 is 45.3 Å². The lowest BCUT2D eigenvalue weighted by molar-refractivity contribution is 0.173. The monoisotopic (exact) mass is 1570 g/mol. The Morgan fingerprint density at radius 1 is 0.627 bits per heavy atom. The van der Waals surface area contributed by atoms with Gasteiger partial charge in [-0.1, -0.05) is 55.8 Å². The molecule has 24 nitrogen and oxygen atoms in total. The van der Waals surface area contributed by atoms with E-state index >= 15 is 0 Å². The summed E-state index contributed by atoms with van der Waals surface area (Å²) in [5.41, 5.74) is 13.8. The molecular formula is C69H84B12Cl3N14O10S2-2. The van der Waals surface area contributed by atoms with E-state index in [1.807, 2.05) is 5.92 Å². The third-order valence-electron chi connectivity index (χ3n) is 17.4. The standard InChI is InChI=1S/C30H40ClN7O5S.C17H29N3O.C13H12Cl2N4O4S.C9H3.B12/c1-6-7-19-16-23(26(41-4)17-24(19)38-12-10-20(11-13-38)37(2)3)34-30-32-18-21(31)29(35-30)33-22-8-9-25-28(43-15-14-42-25)27(22)36-44(5,39)40;1-5-6-13-11-15(18)17(21-4)12-16(13)20-9-7-14(8-10-20)19(2)3;1-24(20,21)19-10-8(2-3-9-11(10)23-5-4-22-9)17-12-7(14)6-16-13(15)18-12;1-3-5-7-9-8-6-4-2;1-8(2)11(7)12(9(3)4)10(5)6/h8-9,16-18,20,36H,6-7,10-15H2,1-5H3,(H2,32,33,34,35);11-12,14H,5-10,18H2,1-4H3;2-3,6,19H,4-5H2,1H3,(H,16,17,18);1H3;/q;;;2*-1. The molecule has 0 unspecified atom stereocenters. The number of sulfonamides is 2. The van der Waals surface area contributed by atoms with Crippen LogP contribution in [-0.4, -0.2) is 252 Å². The van der Waals surface area contributed by atoms with Gasteiger partial charge in [0.25, 0.3) is 0 Å². The summed E-state index contributed by atoms with van der Waals surface area (Å²) in [6.07, 6.45) is 16.8. The number of nitrogens with zero attached hydrogens (tertiary/aromatic N) is 8. The maximum absolute atomic E-state index is 12.2. The zero-order valence-electron chi connectivity index (χ0n) is 63.9. The highest BCUT2D eigenvalue weighted by molar-refractivity contribution is 8.05. The van der Waals surface area contributed by atoms with Crippen LogP contribution in [0.15, 0.2) is 60.9 Å². The molecule has 4 aliphatic rings. The van der Waals surface area contributed by atoms with Gasteiger partial charge in [0.1, 0.15) is 59.3 Å². The molecule has 2 saturated heterocycles. The molecular weight excluding hydrogens is 1490 g/mol. The van der Waals surface area contributed by atoms with Gasteiger partial charge in [-0.15, -0.1) is 5.92 Å². The van der Waals surface area contributed by atoms with Crippen LogP contribution >= 0.6 is 34.8 Å². The fraction of sp³-hybridized carbons (Fsp3) is 0.420. The SMILES string of the molecule is CCCc1cc(N)c(OC)cc1N1CCC(N(C)C)CC1.CCCc1cc(Nc2ncc(Cl)c(Nc3ccc4c(c3NS(C)(=O)=O)OCCO4)n2)c(OC)cc1N1CCC(N(C)C)CC1.CS(=O)(=O)Nc1c(Nc2nc(Cl)ncc2Cl)ccc2c1OCCO2.[B]B([B])B(B([B])[B])B([B])B([B])[B-].[C-]#CC#CC#CC#CC. The number of hydrogen-bond acceptors (Lipinski definition) is 22. The normalized spacial score (nSPS) is 13.5. The van der Waals surface area contributed by atoms with Gasteiger partial charge in [0.15, 0.2) is 34.6 Å². The first-order valence-electron chi connectivity index (χ1n) is 35.2. The molecule has 2 aromatic heterocycles. The fourth-order valence-electron chi connectivity index (χ4n) is 12.0. The van der Waals surface area contributed by atoms with Crippen molar-refractivity contribution in [3.8, 4) is 75.9 Å². The Morgan fingerprint density at radius 3 is 1.48 bits per heavy atom. The lowest BCUT2D eigenvalue weighted by Gasteiger charge is -2.37. The number of methoxy groups -OCH3 is 2. The van der Waals surface area contributed by atoms with Gasteiger partial charge in [-0.05, 0) is 222 Å². The minimum atomic E-state index is -3.64. The minimum Gasteiger partial charge on any atom is -0.687 e. The van der Waals surface area contributed by atoms with Crippen LogP contribution in [0.2, 0.25) is 15.3 Å². The Hall–Kier alpha value is -8.05. The summed E-state index contributed by atoms with van der Waals surface area (Å²) in [5, 5.41) is 9.82. The molecule has 6 aromatic rings. The van der Waals surface area contributed by atoms with Crippen LogP contribution in [0.4, 0.5) is 63.1 Å². The molecule has 0 bridgehead atoms. The Kier molecular flexibility index (Phi) is 36.5. The number of hydrogen-bond donors (Lipinski definition) is 6. The molecule has 0 saturated carbocycles. The van der Waals surface area contributed by atoms with Crippen LogP contribution in [0.1, 0.15) is 70.4 Å². The molecule has 41 heteroatoms. The molecule has 0 spiro atoms. The molecule has 15 radical (unpaired) electrons. The second-order valence-corrected chi connectivity index (χ2v) is 30.7. The maximum atomic E-state index is 12.2. The zero-order valence-corrected chi connectivity index (χ0v) is 67.8. The fourth-order valence-corrected chi connectivity index (χ4v) is 13.6. The van der Waals surface area contributed by atoms with Gasteiger partial charge in [-0.2, -0.15) is 9.97 Å². The summed E-state index contributed by atoms with van der Waals surface area (Å²) in [7, 11) is 42.7. The smallest absolute Gasteiger partial charge is 0.230 e. The third kappa shape index (κ3) is 27.7. The molecule has 561 valence electrons. The number of rotatable bonds is 24. The number of nitrogens with one attached hydrogen (secondary N) is 5. The molecule has 7 N–H and O–H groups in total. The van der Waals surface area contributed by atoms with Crippen LogP contribution in [0.5, 0.6) is 34.5 Å². The predicted molar refractivity (Wildman–Crippen MR) is 462 cm³/mol. The molecule has 0 aliphatic carbocycles. The van der Waals surface area contributed by atoms with Gasteiger partial charge in [0.05, 0.1) is 61.9 Å². The number of ether oxygens (including phenoxy) is 6. The number of halogens is 3. The number of nitrogen functional groups attached to an aromatic ring is 1. The zero-order chi connectivity index (χ0) is 81.0. The summed E-state index contributed by atoms with van der Waals surface area (Å²) in [5.74, 6) is 20.1. The molecule has 4 aromatic carbocycles. The largest absolute Gasteiger partial charge is 0.687 e. The number of benzene rings is 4. The average molecular weight is 1570 g/mol. The summed E-state index contributed by atoms with van der Waals surface area (Å²) in [6.45, 7) is 11.6. The van der Waals surface area contributed by atoms with Crippen molar-refractivity contribution in [2.75, 3.05) is 148 Å². The first-order chi connectivity index (χ1) is 52.2. The van der Waals surface area contributed by atoms with Gasteiger partial charge in [0.2, 0.25) is 31.3 Å². The van der Waals surface area contributed by atoms with Gasteiger partial charge in [-0.25, -0.2) is 39.1 Å². The Labute approximate surface area is 676 Å². The second-order valence-electron chi connectivity index (χ2n) is 26.0. The van der Waals surface area contributed by atoms with Gasteiger partial charge < -0.3 is 83.9 Å². The van der Waals surface area contributed by atoms with Crippen LogP contribution in [-0.2, 0) is 32.9 Å². The summed E-state index contributed by atoms with van der Waals surface area (Å²) in [4.78, 5) is 26.3. The van der Waals surface area contributed by atoms with Crippen LogP contribution in [0.25, 0.3) is 0 Å². The average Bonchev–Trinajstić information content (AvgIpc) is 0.805. The first kappa shape index (κ1) is 90.8. The highest BCUT2D eigenvalue weighted by Crippen LogP contribution is 2.47. The Bertz CT molecular complexity index is 4560. The molecule has 0 atom stereocenters. The number of nitrogens with two attached hydrogens (primary N) is 1. The van der Waals surface area contributed by atoms with Gasteiger partial charge in [-0.3, -0.25) is 15.4 Å². The predicted octanol–water partition coefficient (Wildman–Crippen LogP) is 6.72. The van der Waals surface area contributed by atoms with Crippen molar-refractivity contribution in [3.05, 3.63) is 93.8 Å². The van der Waals surface area contributed by atoms with E-state index in [9.17, 15) is 16.8 Å². The number of aryl methyl sites for hydroxylation is 2. The number of aromatic nitrogens is 4. The van der Waals surface area contributed by atoms with Crippen molar-refractivity contribution in [2.45, 2.75) is 84.2 Å². The summed E-state index contributed by atoms with van der Waals surface area (Å²) >= 11 is 18.3. The number of piperidine rings is 2. The van der Waals surface area contributed by atoms with Crippen LogP contribution in [0, 0.1) is 47.9 Å². The van der Waals surface area contributed by atoms with Gasteiger partial charge >= 0.3 is 0 Å². The van der Waals surface area contributed by atoms with Crippen molar-refractivity contribution in [2.24, 2.45) is 0 Å². The van der Waals surface area contributed by atoms with E-state index in [4.69, 9.17) is 130 Å². The number of anilines is 11. The van der Waals surface area contributed by atoms with E-state index in [-0.39, 0.29) is 62.4 Å². The highest BCUT2D eigenvalue weighted by atomic mass is 35.5. The maximum Gasteiger partial charge on any atom is 0.230 e. The Balaban J connectivity index is 0.000000241. The third-order valence-corrected chi connectivity index (χ3v) is 19.2. The van der Waals surface area contributed by atoms with E-state index in [0.717, 1.165) is 94.3 Å². The van der Waals surface area contributed by atoms with E-state index in [1.54, 1.807) is 45.4 Å². The van der Waals surface area contributed by atoms with Crippen molar-refractivity contribution >= 4 is 204 Å². The minimum absolute atomic E-state index is 0.00272. The highest BCUT2D eigenvalue weighted by Gasteiger charge is 2.30. The summed E-state index contributed by atoms with van der Waals surface area (Å²) in [6, 6.07) is 16.4. The Morgan fingerprint density at radius 2 is 1.06 bits per heavy atom. The van der Waals surface area contributed by atoms with Crippen LogP contribution < -0.4 is 69.3 Å². The molecule has 6 heterocycles. The lowest BCUT2D eigenvalue weighted by Crippen LogP contribution is -2.67. The molecule has 110 heavy (non-hydrogen) atoms. The van der Waals surface area contributed by atoms with Crippen molar-refractivity contribution in [1.29, 1.82) is 0 Å². The lowest BCUT2D eigenvalue weighted by atomic mass is 8.53. The van der Waals surface area contributed by atoms with Crippen molar-refractivity contribution in [3.63, 3.8) is 0 Å².